The molecule has 2 aromatic rings. The molecular formula is C14H11ClSi. The summed E-state index contributed by atoms with van der Waals surface area (Å²) < 4.78 is 0. The van der Waals surface area contributed by atoms with Crippen molar-refractivity contribution in [3.63, 3.8) is 0 Å². The van der Waals surface area contributed by atoms with Gasteiger partial charge < -0.3 is 0 Å². The number of benzene rings is 2. The van der Waals surface area contributed by atoms with E-state index in [2.05, 4.69) is 42.9 Å². The molecule has 0 fully saturated rings. The summed E-state index contributed by atoms with van der Waals surface area (Å²) in [6.45, 7) is 2.24. The molecule has 2 aromatic carbocycles. The molecule has 1 heterocycles. The Morgan fingerprint density at radius 1 is 1.06 bits per heavy atom. The molecule has 1 aliphatic heterocycles. The van der Waals surface area contributed by atoms with E-state index in [1.807, 2.05) is 0 Å². The van der Waals surface area contributed by atoms with Crippen LogP contribution in [-0.4, -0.2) is 7.38 Å². The fourth-order valence-electron chi connectivity index (χ4n) is 3.03. The van der Waals surface area contributed by atoms with Gasteiger partial charge in [0.1, 0.15) is 0 Å². The van der Waals surface area contributed by atoms with Crippen molar-refractivity contribution in [2.45, 2.75) is 13.0 Å². The summed E-state index contributed by atoms with van der Waals surface area (Å²) in [5.41, 5.74) is 5.81. The van der Waals surface area contributed by atoms with E-state index in [4.69, 9.17) is 11.1 Å². The number of hydrogen-bond donors (Lipinski definition) is 0. The Kier molecular flexibility index (Phi) is 1.47. The molecule has 0 saturated carbocycles. The average molecular weight is 243 g/mol. The van der Waals surface area contributed by atoms with Gasteiger partial charge in [-0.05, 0) is 45.6 Å². The molecule has 0 amide bonds. The van der Waals surface area contributed by atoms with E-state index in [0.29, 0.717) is 0 Å². The Labute approximate surface area is 101 Å². The van der Waals surface area contributed by atoms with Gasteiger partial charge in [-0.15, -0.1) is 0 Å². The van der Waals surface area contributed by atoms with Crippen LogP contribution in [0.2, 0.25) is 6.55 Å². The van der Waals surface area contributed by atoms with E-state index in [1.165, 1.54) is 32.6 Å². The van der Waals surface area contributed by atoms with Gasteiger partial charge in [-0.25, -0.2) is 0 Å². The van der Waals surface area contributed by atoms with Gasteiger partial charge >= 0.3 is 0 Å². The van der Waals surface area contributed by atoms with Gasteiger partial charge in [-0.2, -0.15) is 11.1 Å². The van der Waals surface area contributed by atoms with Crippen LogP contribution in [0.25, 0.3) is 11.1 Å². The minimum Gasteiger partial charge on any atom is -0.155 e. The third-order valence-electron chi connectivity index (χ3n) is 3.90. The van der Waals surface area contributed by atoms with E-state index >= 15 is 0 Å². The van der Waals surface area contributed by atoms with Crippen LogP contribution in [0.5, 0.6) is 0 Å². The highest BCUT2D eigenvalue weighted by Gasteiger charge is 2.50. The van der Waals surface area contributed by atoms with Crippen molar-refractivity contribution >= 4 is 28.8 Å². The molecule has 2 heteroatoms. The molecule has 1 aliphatic carbocycles. The molecule has 0 spiro atoms. The monoisotopic (exact) mass is 242 g/mol. The van der Waals surface area contributed by atoms with Crippen LogP contribution in [0.15, 0.2) is 36.4 Å². The maximum absolute atomic E-state index is 6.60. The zero-order chi connectivity index (χ0) is 10.9. The molecule has 4 rings (SSSR count). The molecular weight excluding hydrogens is 232 g/mol. The van der Waals surface area contributed by atoms with Gasteiger partial charge in [0, 0.05) is 0 Å². The van der Waals surface area contributed by atoms with Crippen molar-refractivity contribution in [2.75, 3.05) is 0 Å². The lowest BCUT2D eigenvalue weighted by atomic mass is 10.1. The maximum atomic E-state index is 6.60. The third-order valence-corrected chi connectivity index (χ3v) is 7.77. The molecule has 1 unspecified atom stereocenters. The van der Waals surface area contributed by atoms with Crippen molar-refractivity contribution in [1.82, 2.24) is 0 Å². The van der Waals surface area contributed by atoms with E-state index in [1.54, 1.807) is 0 Å². The predicted molar refractivity (Wildman–Crippen MR) is 71.4 cm³/mol. The zero-order valence-corrected chi connectivity index (χ0v) is 10.8. The van der Waals surface area contributed by atoms with Gasteiger partial charge in [0.25, 0.3) is 0 Å². The molecule has 0 saturated heterocycles. The van der Waals surface area contributed by atoms with E-state index < -0.39 is 7.38 Å². The smallest absolute Gasteiger partial charge is 0.155 e. The summed E-state index contributed by atoms with van der Waals surface area (Å²) in [5, 5.41) is 2.98. The van der Waals surface area contributed by atoms with Crippen molar-refractivity contribution in [1.29, 1.82) is 0 Å². The number of hydrogen-bond acceptors (Lipinski definition) is 0. The molecule has 2 aliphatic rings. The Hall–Kier alpha value is -1.05. The quantitative estimate of drug-likeness (QED) is 0.420. The molecule has 16 heavy (non-hydrogen) atoms. The third kappa shape index (κ3) is 0.915. The van der Waals surface area contributed by atoms with Crippen molar-refractivity contribution < 1.29 is 0 Å². The first-order chi connectivity index (χ1) is 7.69. The van der Waals surface area contributed by atoms with Crippen LogP contribution in [-0.2, 0) is 6.42 Å². The average Bonchev–Trinajstić information content (AvgIpc) is 2.70. The normalized spacial score (nSPS) is 23.6. The molecule has 0 aromatic heterocycles. The predicted octanol–water partition coefficient (Wildman–Crippen LogP) is 2.50. The Morgan fingerprint density at radius 3 is 2.75 bits per heavy atom. The first-order valence-corrected chi connectivity index (χ1v) is 9.15. The van der Waals surface area contributed by atoms with Gasteiger partial charge in [0.05, 0.1) is 0 Å². The van der Waals surface area contributed by atoms with Crippen LogP contribution < -0.4 is 10.4 Å². The van der Waals surface area contributed by atoms with Crippen molar-refractivity contribution in [3.05, 3.63) is 47.5 Å². The van der Waals surface area contributed by atoms with E-state index in [-0.39, 0.29) is 0 Å². The maximum Gasteiger partial charge on any atom is 0.214 e. The van der Waals surface area contributed by atoms with Gasteiger partial charge in [0.15, 0.2) is 0 Å². The topological polar surface area (TPSA) is 0 Å². The van der Waals surface area contributed by atoms with Gasteiger partial charge in [-0.1, -0.05) is 36.4 Å². The molecule has 78 valence electrons. The lowest BCUT2D eigenvalue weighted by molar-refractivity contribution is 1.28. The Balaban J connectivity index is 2.02. The van der Waals surface area contributed by atoms with Crippen LogP contribution in [0.3, 0.4) is 0 Å². The highest BCUT2D eigenvalue weighted by atomic mass is 35.6. The second-order valence-electron chi connectivity index (χ2n) is 4.85. The largest absolute Gasteiger partial charge is 0.214 e. The number of rotatable bonds is 0. The van der Waals surface area contributed by atoms with Crippen LogP contribution in [0, 0.1) is 0 Å². The second kappa shape index (κ2) is 2.61. The lowest BCUT2D eigenvalue weighted by Crippen LogP contribution is -2.15. The van der Waals surface area contributed by atoms with Gasteiger partial charge in [0.2, 0.25) is 7.38 Å². The number of fused-ring (bicyclic) bond motifs is 5. The van der Waals surface area contributed by atoms with E-state index in [0.717, 1.165) is 6.42 Å². The highest BCUT2D eigenvalue weighted by Crippen LogP contribution is 2.39. The summed E-state index contributed by atoms with van der Waals surface area (Å²) in [6, 6.07) is 13.2. The SMILES string of the molecule is C[Si]1(Cl)c2ccc3c(c21)Cc1ccccc1-3. The Morgan fingerprint density at radius 2 is 1.88 bits per heavy atom. The minimum atomic E-state index is -1.62. The molecule has 1 atom stereocenters. The first kappa shape index (κ1) is 9.03. The zero-order valence-electron chi connectivity index (χ0n) is 9.05. The highest BCUT2D eigenvalue weighted by molar-refractivity contribution is 7.44. The van der Waals surface area contributed by atoms with Crippen LogP contribution >= 0.6 is 11.1 Å². The summed E-state index contributed by atoms with van der Waals surface area (Å²) in [7, 11) is -1.62. The molecule has 0 bridgehead atoms. The molecule has 0 N–H and O–H groups in total. The fraction of sp³-hybridized carbons (Fsp3) is 0.143. The number of halogens is 1. The Bertz CT molecular complexity index is 629. The first-order valence-electron chi connectivity index (χ1n) is 5.63. The van der Waals surface area contributed by atoms with Crippen molar-refractivity contribution in [2.24, 2.45) is 0 Å². The van der Waals surface area contributed by atoms with Crippen LogP contribution in [0.1, 0.15) is 11.1 Å². The lowest BCUT2D eigenvalue weighted by Gasteiger charge is -1.98. The molecule has 0 nitrogen and oxygen atoms in total. The summed E-state index contributed by atoms with van der Waals surface area (Å²) in [5.74, 6) is 0. The van der Waals surface area contributed by atoms with Crippen LogP contribution in [0.4, 0.5) is 0 Å². The summed E-state index contributed by atoms with van der Waals surface area (Å²) >= 11 is 6.60. The summed E-state index contributed by atoms with van der Waals surface area (Å²) in [4.78, 5) is 0. The second-order valence-corrected chi connectivity index (χ2v) is 10.2. The standard InChI is InChI=1S/C14H11ClSi/c1-16(15)13-7-6-11-10-5-3-2-4-9(10)8-12(11)14(13)16/h2-7H,8H2,1H3. The fourth-order valence-corrected chi connectivity index (χ4v) is 6.98. The minimum absolute atomic E-state index is 1.09. The van der Waals surface area contributed by atoms with Gasteiger partial charge in [-0.3, -0.25) is 0 Å². The van der Waals surface area contributed by atoms with Crippen molar-refractivity contribution in [3.8, 4) is 11.1 Å². The molecule has 0 radical (unpaired) electrons. The summed E-state index contributed by atoms with van der Waals surface area (Å²) in [6.07, 6.45) is 1.09. The van der Waals surface area contributed by atoms with E-state index in [9.17, 15) is 0 Å².